The molecule has 0 aromatic heterocycles. The van der Waals surface area contributed by atoms with E-state index in [9.17, 15) is 31.2 Å². The van der Waals surface area contributed by atoms with Crippen molar-refractivity contribution < 1.29 is 44.8 Å². The van der Waals surface area contributed by atoms with E-state index in [0.29, 0.717) is 24.9 Å². The number of piperidine rings is 1. The Morgan fingerprint density at radius 2 is 1.77 bits per heavy atom. The first-order valence-electron chi connectivity index (χ1n) is 9.35. The quantitative estimate of drug-likeness (QED) is 0.377. The summed E-state index contributed by atoms with van der Waals surface area (Å²) in [6, 6.07) is 3.34. The van der Waals surface area contributed by atoms with Gasteiger partial charge in [-0.05, 0) is 57.4 Å². The van der Waals surface area contributed by atoms with E-state index in [1.54, 1.807) is 20.8 Å². The van der Waals surface area contributed by atoms with Crippen LogP contribution in [-0.4, -0.2) is 56.7 Å². The molecule has 1 heterocycles. The van der Waals surface area contributed by atoms with Gasteiger partial charge < -0.3 is 18.6 Å². The average molecular weight is 467 g/mol. The lowest BCUT2D eigenvalue weighted by atomic mass is 9.89. The topological polar surface area (TPSA) is 99.2 Å². The molecule has 0 N–H and O–H groups in total. The highest BCUT2D eigenvalue weighted by Gasteiger charge is 2.48. The minimum absolute atomic E-state index is 0.172. The Hall–Kier alpha value is -2.50. The van der Waals surface area contributed by atoms with E-state index in [0.717, 1.165) is 19.2 Å². The molecule has 1 saturated heterocycles. The van der Waals surface area contributed by atoms with Crippen molar-refractivity contribution in [2.45, 2.75) is 50.6 Å². The summed E-state index contributed by atoms with van der Waals surface area (Å²) in [6.07, 6.45) is 0.580. The van der Waals surface area contributed by atoms with Gasteiger partial charge in [0.15, 0.2) is 0 Å². The van der Waals surface area contributed by atoms with Crippen molar-refractivity contribution in [1.29, 1.82) is 0 Å². The summed E-state index contributed by atoms with van der Waals surface area (Å²) in [5.41, 5.74) is -6.18. The summed E-state index contributed by atoms with van der Waals surface area (Å²) in [5.74, 6) is -1.94. The number of nitrogens with zero attached hydrogens (tertiary/aromatic N) is 1. The van der Waals surface area contributed by atoms with Gasteiger partial charge in [-0.2, -0.15) is 21.6 Å². The second-order valence-electron chi connectivity index (χ2n) is 8.03. The minimum Gasteiger partial charge on any atom is -0.465 e. The second kappa shape index (κ2) is 8.93. The molecular weight excluding hydrogens is 443 g/mol. The maximum atomic E-state index is 12.7. The Balaban J connectivity index is 2.36. The average Bonchev–Trinajstić information content (AvgIpc) is 2.64. The molecule has 0 spiro atoms. The van der Waals surface area contributed by atoms with E-state index in [4.69, 9.17) is 4.74 Å². The van der Waals surface area contributed by atoms with Gasteiger partial charge in [-0.15, -0.1) is 0 Å². The highest BCUT2D eigenvalue weighted by molar-refractivity contribution is 7.88. The first kappa shape index (κ1) is 24.8. The number of carbonyl (C=O) groups excluding carboxylic acids is 2. The van der Waals surface area contributed by atoms with Crippen LogP contribution >= 0.6 is 0 Å². The fraction of sp³-hybridized carbons (Fsp3) is 0.579. The molecule has 1 aliphatic rings. The molecule has 0 aliphatic carbocycles. The van der Waals surface area contributed by atoms with Crippen LogP contribution in [0.25, 0.3) is 0 Å². The van der Waals surface area contributed by atoms with Gasteiger partial charge in [0.1, 0.15) is 11.4 Å². The number of halogens is 3. The van der Waals surface area contributed by atoms with Crippen molar-refractivity contribution in [2.24, 2.45) is 0 Å². The summed E-state index contributed by atoms with van der Waals surface area (Å²) >= 11 is 0. The molecule has 1 amide bonds. The van der Waals surface area contributed by atoms with Crippen molar-refractivity contribution in [3.63, 3.8) is 0 Å². The largest absolute Gasteiger partial charge is 0.534 e. The van der Waals surface area contributed by atoms with Crippen LogP contribution in [0.2, 0.25) is 0 Å². The number of alkyl halides is 3. The van der Waals surface area contributed by atoms with Gasteiger partial charge in [0.2, 0.25) is 0 Å². The van der Waals surface area contributed by atoms with Crippen molar-refractivity contribution in [2.75, 3.05) is 20.2 Å². The van der Waals surface area contributed by atoms with E-state index in [1.807, 2.05) is 0 Å². The molecule has 1 aromatic rings. The number of hydrogen-bond acceptors (Lipinski definition) is 7. The lowest BCUT2D eigenvalue weighted by Gasteiger charge is -2.34. The number of carbonyl (C=O) groups is 2. The van der Waals surface area contributed by atoms with Gasteiger partial charge in [0.25, 0.3) is 0 Å². The van der Waals surface area contributed by atoms with Gasteiger partial charge in [0, 0.05) is 19.0 Å². The summed E-state index contributed by atoms with van der Waals surface area (Å²) in [5, 5.41) is 0. The van der Waals surface area contributed by atoms with Crippen LogP contribution in [0.5, 0.6) is 5.75 Å². The normalized spacial score (nSPS) is 17.8. The lowest BCUT2D eigenvalue weighted by molar-refractivity contribution is -0.0500. The number of amides is 1. The molecular formula is C19H24F3NO7S. The standard InChI is InChI=1S/C19H24F3NO7S/c1-18(2,3)29-17(25)23-7-5-6-12(11-23)13-8-14(16(24)28-4)10-15(9-13)30-31(26,27)19(20,21)22/h8-10,12H,5-7,11H2,1-4H3. The van der Waals surface area contributed by atoms with Crippen molar-refractivity contribution in [3.05, 3.63) is 29.3 Å². The molecule has 12 heteroatoms. The second-order valence-corrected chi connectivity index (χ2v) is 9.57. The fourth-order valence-corrected chi connectivity index (χ4v) is 3.50. The zero-order valence-corrected chi connectivity index (χ0v) is 18.3. The molecule has 31 heavy (non-hydrogen) atoms. The Labute approximate surface area is 178 Å². The number of hydrogen-bond donors (Lipinski definition) is 0. The number of likely N-dealkylation sites (tertiary alicyclic amines) is 1. The molecule has 0 radical (unpaired) electrons. The third-order valence-corrected chi connectivity index (χ3v) is 5.36. The van der Waals surface area contributed by atoms with Crippen molar-refractivity contribution >= 4 is 22.2 Å². The van der Waals surface area contributed by atoms with E-state index in [2.05, 4.69) is 8.92 Å². The van der Waals surface area contributed by atoms with Gasteiger partial charge in [-0.1, -0.05) is 0 Å². The molecule has 8 nitrogen and oxygen atoms in total. The third-order valence-electron chi connectivity index (χ3n) is 4.38. The van der Waals surface area contributed by atoms with Gasteiger partial charge in [0.05, 0.1) is 12.7 Å². The Kier molecular flexibility index (Phi) is 7.14. The monoisotopic (exact) mass is 467 g/mol. The molecule has 1 aromatic carbocycles. The van der Waals surface area contributed by atoms with Crippen LogP contribution in [0.4, 0.5) is 18.0 Å². The number of rotatable bonds is 4. The molecule has 1 aliphatic heterocycles. The van der Waals surface area contributed by atoms with Gasteiger partial charge in [-0.25, -0.2) is 9.59 Å². The molecule has 174 valence electrons. The van der Waals surface area contributed by atoms with Crippen LogP contribution in [0, 0.1) is 0 Å². The third kappa shape index (κ3) is 6.49. The van der Waals surface area contributed by atoms with Gasteiger partial charge in [-0.3, -0.25) is 0 Å². The summed E-state index contributed by atoms with van der Waals surface area (Å²) in [7, 11) is -4.85. The predicted octanol–water partition coefficient (Wildman–Crippen LogP) is 3.82. The molecule has 1 unspecified atom stereocenters. The fourth-order valence-electron chi connectivity index (χ4n) is 3.06. The zero-order chi connectivity index (χ0) is 23.6. The molecule has 1 fully saturated rings. The van der Waals surface area contributed by atoms with E-state index >= 15 is 0 Å². The smallest absolute Gasteiger partial charge is 0.465 e. The number of ether oxygens (including phenoxy) is 2. The Morgan fingerprint density at radius 1 is 1.13 bits per heavy atom. The van der Waals surface area contributed by atoms with Crippen LogP contribution < -0.4 is 4.18 Å². The maximum absolute atomic E-state index is 12.7. The Morgan fingerprint density at radius 3 is 2.32 bits per heavy atom. The van der Waals surface area contributed by atoms with Crippen LogP contribution in [0.3, 0.4) is 0 Å². The minimum atomic E-state index is -5.93. The first-order valence-corrected chi connectivity index (χ1v) is 10.8. The van der Waals surface area contributed by atoms with Crippen molar-refractivity contribution in [3.8, 4) is 5.75 Å². The number of benzene rings is 1. The molecule has 0 bridgehead atoms. The SMILES string of the molecule is COC(=O)c1cc(OS(=O)(=O)C(F)(F)F)cc(C2CCCN(C(=O)OC(C)(C)C)C2)c1. The summed E-state index contributed by atoms with van der Waals surface area (Å²) < 4.78 is 75.1. The number of methoxy groups -OCH3 is 1. The molecule has 1 atom stereocenters. The van der Waals surface area contributed by atoms with E-state index in [-0.39, 0.29) is 18.0 Å². The molecule has 0 saturated carbocycles. The summed E-state index contributed by atoms with van der Waals surface area (Å²) in [6.45, 7) is 5.75. The highest BCUT2D eigenvalue weighted by atomic mass is 32.2. The predicted molar refractivity (Wildman–Crippen MR) is 103 cm³/mol. The van der Waals surface area contributed by atoms with E-state index in [1.165, 1.54) is 11.0 Å². The summed E-state index contributed by atoms with van der Waals surface area (Å²) in [4.78, 5) is 25.8. The van der Waals surface area contributed by atoms with Gasteiger partial charge >= 0.3 is 27.7 Å². The Bertz CT molecular complexity index is 939. The lowest BCUT2D eigenvalue weighted by Crippen LogP contribution is -2.42. The zero-order valence-electron chi connectivity index (χ0n) is 17.5. The van der Waals surface area contributed by atoms with Crippen molar-refractivity contribution in [1.82, 2.24) is 4.90 Å². The first-order chi connectivity index (χ1) is 14.1. The maximum Gasteiger partial charge on any atom is 0.534 e. The number of esters is 1. The van der Waals surface area contributed by atoms with Crippen LogP contribution in [0.1, 0.15) is 55.5 Å². The van der Waals surface area contributed by atoms with Crippen LogP contribution in [0.15, 0.2) is 18.2 Å². The highest BCUT2D eigenvalue weighted by Crippen LogP contribution is 2.33. The molecule has 2 rings (SSSR count). The van der Waals surface area contributed by atoms with Crippen LogP contribution in [-0.2, 0) is 19.6 Å². The van der Waals surface area contributed by atoms with E-state index < -0.39 is 39.0 Å².